The van der Waals surface area contributed by atoms with Gasteiger partial charge in [0, 0.05) is 31.2 Å². The summed E-state index contributed by atoms with van der Waals surface area (Å²) in [5, 5.41) is 1.24. The molecule has 0 spiro atoms. The zero-order valence-corrected chi connectivity index (χ0v) is 15.6. The second-order valence-corrected chi connectivity index (χ2v) is 8.50. The van der Waals surface area contributed by atoms with Gasteiger partial charge in [-0.05, 0) is 36.8 Å². The Kier molecular flexibility index (Phi) is 5.06. The standard InChI is InChI=1S/C17H18Cl2N2O2S/c1-13-4-2-3-5-17(13)24(22,23)21-10-8-20(9-11-21)16-12-14(18)6-7-15(16)19/h2-7,12H,8-11H2,1H3. The number of anilines is 1. The smallest absolute Gasteiger partial charge is 0.243 e. The first-order valence-corrected chi connectivity index (χ1v) is 9.85. The lowest BCUT2D eigenvalue weighted by Crippen LogP contribution is -2.48. The number of rotatable bonds is 3. The maximum absolute atomic E-state index is 12.8. The third-order valence-corrected chi connectivity index (χ3v) is 6.81. The van der Waals surface area contributed by atoms with Crippen LogP contribution >= 0.6 is 23.2 Å². The highest BCUT2D eigenvalue weighted by Crippen LogP contribution is 2.30. The third kappa shape index (κ3) is 3.40. The summed E-state index contributed by atoms with van der Waals surface area (Å²) in [4.78, 5) is 2.44. The van der Waals surface area contributed by atoms with E-state index in [9.17, 15) is 8.42 Å². The van der Waals surface area contributed by atoms with Crippen molar-refractivity contribution in [2.24, 2.45) is 0 Å². The number of piperazine rings is 1. The maximum Gasteiger partial charge on any atom is 0.243 e. The van der Waals surface area contributed by atoms with Gasteiger partial charge in [-0.1, -0.05) is 41.4 Å². The van der Waals surface area contributed by atoms with Crippen molar-refractivity contribution in [1.29, 1.82) is 0 Å². The Morgan fingerprint density at radius 2 is 1.62 bits per heavy atom. The molecule has 0 aromatic heterocycles. The molecule has 0 aliphatic carbocycles. The molecule has 0 bridgehead atoms. The lowest BCUT2D eigenvalue weighted by atomic mass is 10.2. The number of aryl methyl sites for hydroxylation is 1. The van der Waals surface area contributed by atoms with E-state index in [0.717, 1.165) is 11.3 Å². The van der Waals surface area contributed by atoms with Crippen LogP contribution in [0, 0.1) is 6.92 Å². The molecule has 0 unspecified atom stereocenters. The topological polar surface area (TPSA) is 40.6 Å². The van der Waals surface area contributed by atoms with E-state index in [1.165, 1.54) is 4.31 Å². The average Bonchev–Trinajstić information content (AvgIpc) is 2.57. The van der Waals surface area contributed by atoms with Gasteiger partial charge in [-0.2, -0.15) is 4.31 Å². The Balaban J connectivity index is 1.78. The molecule has 1 aliphatic rings. The molecule has 24 heavy (non-hydrogen) atoms. The first-order valence-electron chi connectivity index (χ1n) is 7.65. The molecule has 1 aliphatic heterocycles. The fourth-order valence-corrected chi connectivity index (χ4v) is 4.93. The number of hydrogen-bond acceptors (Lipinski definition) is 3. The van der Waals surface area contributed by atoms with Gasteiger partial charge >= 0.3 is 0 Å². The molecule has 1 saturated heterocycles. The van der Waals surface area contributed by atoms with Crippen LogP contribution in [-0.4, -0.2) is 38.9 Å². The molecule has 2 aromatic carbocycles. The van der Waals surface area contributed by atoms with Crippen molar-refractivity contribution in [2.75, 3.05) is 31.1 Å². The summed E-state index contributed by atoms with van der Waals surface area (Å²) in [7, 11) is -3.47. The van der Waals surface area contributed by atoms with Crippen molar-refractivity contribution >= 4 is 38.9 Å². The van der Waals surface area contributed by atoms with E-state index in [1.54, 1.807) is 24.3 Å². The van der Waals surface area contributed by atoms with Gasteiger partial charge in [0.25, 0.3) is 0 Å². The summed E-state index contributed by atoms with van der Waals surface area (Å²) >= 11 is 12.3. The van der Waals surface area contributed by atoms with Crippen LogP contribution in [0.1, 0.15) is 5.56 Å². The van der Waals surface area contributed by atoms with Crippen LogP contribution in [0.25, 0.3) is 0 Å². The van der Waals surface area contributed by atoms with Crippen LogP contribution in [-0.2, 0) is 10.0 Å². The second-order valence-electron chi connectivity index (χ2n) is 5.75. The first-order chi connectivity index (χ1) is 11.4. The summed E-state index contributed by atoms with van der Waals surface area (Å²) in [6, 6.07) is 12.4. The molecule has 0 atom stereocenters. The van der Waals surface area contributed by atoms with E-state index in [-0.39, 0.29) is 0 Å². The van der Waals surface area contributed by atoms with Crippen LogP contribution < -0.4 is 4.90 Å². The molecule has 0 saturated carbocycles. The highest BCUT2D eigenvalue weighted by atomic mass is 35.5. The van der Waals surface area contributed by atoms with Crippen LogP contribution in [0.2, 0.25) is 10.0 Å². The molecule has 1 fully saturated rings. The maximum atomic E-state index is 12.8. The minimum atomic E-state index is -3.47. The third-order valence-electron chi connectivity index (χ3n) is 4.20. The van der Waals surface area contributed by atoms with Crippen LogP contribution in [0.5, 0.6) is 0 Å². The minimum Gasteiger partial charge on any atom is -0.368 e. The Morgan fingerprint density at radius 3 is 2.29 bits per heavy atom. The molecular weight excluding hydrogens is 367 g/mol. The van der Waals surface area contributed by atoms with Gasteiger partial charge in [0.1, 0.15) is 0 Å². The fourth-order valence-electron chi connectivity index (χ4n) is 2.88. The molecule has 128 valence electrons. The first kappa shape index (κ1) is 17.5. The molecule has 0 radical (unpaired) electrons. The van der Waals surface area contributed by atoms with Gasteiger partial charge in [-0.15, -0.1) is 0 Å². The number of benzene rings is 2. The summed E-state index contributed by atoms with van der Waals surface area (Å²) in [6.07, 6.45) is 0. The summed E-state index contributed by atoms with van der Waals surface area (Å²) < 4.78 is 27.2. The van der Waals surface area contributed by atoms with Crippen LogP contribution in [0.15, 0.2) is 47.4 Å². The molecular formula is C17H18Cl2N2O2S. The van der Waals surface area contributed by atoms with Crippen molar-refractivity contribution in [3.05, 3.63) is 58.1 Å². The van der Waals surface area contributed by atoms with Gasteiger partial charge < -0.3 is 4.90 Å². The molecule has 7 heteroatoms. The number of nitrogens with zero attached hydrogens (tertiary/aromatic N) is 2. The zero-order valence-electron chi connectivity index (χ0n) is 13.2. The lowest BCUT2D eigenvalue weighted by Gasteiger charge is -2.36. The van der Waals surface area contributed by atoms with Gasteiger partial charge in [0.05, 0.1) is 15.6 Å². The summed E-state index contributed by atoms with van der Waals surface area (Å²) in [5.74, 6) is 0. The predicted molar refractivity (Wildman–Crippen MR) is 98.6 cm³/mol. The second kappa shape index (κ2) is 6.92. The van der Waals surface area contributed by atoms with Crippen molar-refractivity contribution in [1.82, 2.24) is 4.31 Å². The van der Waals surface area contributed by atoms with E-state index in [0.29, 0.717) is 41.1 Å². The average molecular weight is 385 g/mol. The van der Waals surface area contributed by atoms with Crippen LogP contribution in [0.4, 0.5) is 5.69 Å². The largest absolute Gasteiger partial charge is 0.368 e. The molecule has 1 heterocycles. The van der Waals surface area contributed by atoms with E-state index in [4.69, 9.17) is 23.2 Å². The summed E-state index contributed by atoms with van der Waals surface area (Å²) in [6.45, 7) is 3.80. The SMILES string of the molecule is Cc1ccccc1S(=O)(=O)N1CCN(c2cc(Cl)ccc2Cl)CC1. The molecule has 4 nitrogen and oxygen atoms in total. The highest BCUT2D eigenvalue weighted by molar-refractivity contribution is 7.89. The fraction of sp³-hybridized carbons (Fsp3) is 0.294. The number of hydrogen-bond donors (Lipinski definition) is 0. The molecule has 3 rings (SSSR count). The lowest BCUT2D eigenvalue weighted by molar-refractivity contribution is 0.384. The van der Waals surface area contributed by atoms with Crippen molar-refractivity contribution < 1.29 is 8.42 Å². The van der Waals surface area contributed by atoms with Crippen LogP contribution in [0.3, 0.4) is 0 Å². The van der Waals surface area contributed by atoms with E-state index < -0.39 is 10.0 Å². The van der Waals surface area contributed by atoms with Crippen molar-refractivity contribution in [2.45, 2.75) is 11.8 Å². The minimum absolute atomic E-state index is 0.374. The van der Waals surface area contributed by atoms with Crippen molar-refractivity contribution in [3.63, 3.8) is 0 Å². The quantitative estimate of drug-likeness (QED) is 0.807. The molecule has 0 N–H and O–H groups in total. The van der Waals surface area contributed by atoms with E-state index in [2.05, 4.69) is 4.90 Å². The van der Waals surface area contributed by atoms with E-state index >= 15 is 0 Å². The predicted octanol–water partition coefficient (Wildman–Crippen LogP) is 3.81. The van der Waals surface area contributed by atoms with Crippen molar-refractivity contribution in [3.8, 4) is 0 Å². The zero-order chi connectivity index (χ0) is 17.3. The molecule has 0 amide bonds. The Bertz CT molecular complexity index is 847. The normalized spacial score (nSPS) is 16.4. The Labute approximate surface area is 152 Å². The molecule has 2 aromatic rings. The number of sulfonamides is 1. The van der Waals surface area contributed by atoms with Gasteiger partial charge in [-0.3, -0.25) is 0 Å². The highest BCUT2D eigenvalue weighted by Gasteiger charge is 2.30. The number of halogens is 2. The summed E-state index contributed by atoms with van der Waals surface area (Å²) in [5.41, 5.74) is 1.61. The van der Waals surface area contributed by atoms with Gasteiger partial charge in [0.15, 0.2) is 0 Å². The van der Waals surface area contributed by atoms with Gasteiger partial charge in [-0.25, -0.2) is 8.42 Å². The Hall–Kier alpha value is -1.27. The Morgan fingerprint density at radius 1 is 0.958 bits per heavy atom. The monoisotopic (exact) mass is 384 g/mol. The van der Waals surface area contributed by atoms with E-state index in [1.807, 2.05) is 25.1 Å². The van der Waals surface area contributed by atoms with Gasteiger partial charge in [0.2, 0.25) is 10.0 Å².